The Labute approximate surface area is 122 Å². The Morgan fingerprint density at radius 3 is 2.80 bits per heavy atom. The first-order chi connectivity index (χ1) is 9.54. The Morgan fingerprint density at radius 2 is 2.25 bits per heavy atom. The lowest BCUT2D eigenvalue weighted by Crippen LogP contribution is -2.39. The van der Waals surface area contributed by atoms with Crippen molar-refractivity contribution in [3.8, 4) is 0 Å². The first-order valence-electron chi connectivity index (χ1n) is 7.18. The third-order valence-electron chi connectivity index (χ3n) is 3.08. The molecule has 1 heterocycles. The number of aryl methyl sites for hydroxylation is 1. The summed E-state index contributed by atoms with van der Waals surface area (Å²) in [5.41, 5.74) is 1.26. The molecule has 0 atom stereocenters. The first kappa shape index (κ1) is 16.6. The van der Waals surface area contributed by atoms with Crippen LogP contribution < -0.4 is 5.32 Å². The Balaban J connectivity index is 2.33. The first-order valence-corrected chi connectivity index (χ1v) is 7.18. The number of rotatable bonds is 7. The van der Waals surface area contributed by atoms with Crippen molar-refractivity contribution in [2.24, 2.45) is 12.0 Å². The molecule has 1 aromatic rings. The number of hydrogen-bond donors (Lipinski definition) is 1. The molecule has 0 fully saturated rings. The van der Waals surface area contributed by atoms with Crippen LogP contribution in [0.15, 0.2) is 23.3 Å². The van der Waals surface area contributed by atoms with Gasteiger partial charge in [-0.05, 0) is 32.4 Å². The average Bonchev–Trinajstić information content (AvgIpc) is 2.79. The monoisotopic (exact) mass is 280 g/mol. The van der Waals surface area contributed by atoms with Crippen LogP contribution in [0.3, 0.4) is 0 Å². The van der Waals surface area contributed by atoms with Crippen molar-refractivity contribution >= 4 is 5.96 Å². The molecule has 1 rings (SSSR count). The number of hydrogen-bond acceptors (Lipinski definition) is 2. The lowest BCUT2D eigenvalue weighted by Gasteiger charge is -2.22. The molecule has 1 N–H and O–H groups in total. The molecule has 0 spiro atoms. The molecule has 0 amide bonds. The molecule has 0 aliphatic carbocycles. The molecule has 0 saturated carbocycles. The van der Waals surface area contributed by atoms with Crippen molar-refractivity contribution in [3.05, 3.63) is 24.0 Å². The smallest absolute Gasteiger partial charge is 0.193 e. The van der Waals surface area contributed by atoms with Crippen molar-refractivity contribution in [2.45, 2.75) is 32.9 Å². The average molecular weight is 280 g/mol. The van der Waals surface area contributed by atoms with Gasteiger partial charge in [0.05, 0.1) is 12.6 Å². The second-order valence-electron chi connectivity index (χ2n) is 5.21. The highest BCUT2D eigenvalue weighted by molar-refractivity contribution is 5.79. The van der Waals surface area contributed by atoms with Crippen LogP contribution in [0.4, 0.5) is 0 Å². The van der Waals surface area contributed by atoms with Gasteiger partial charge < -0.3 is 19.5 Å². The minimum Gasteiger partial charge on any atom is -0.379 e. The van der Waals surface area contributed by atoms with Gasteiger partial charge in [-0.1, -0.05) is 0 Å². The van der Waals surface area contributed by atoms with Gasteiger partial charge in [-0.2, -0.15) is 0 Å². The number of aliphatic imine (C=N–C) groups is 1. The summed E-state index contributed by atoms with van der Waals surface area (Å²) in [6, 6.07) is 4.18. The summed E-state index contributed by atoms with van der Waals surface area (Å²) in [5, 5.41) is 3.36. The van der Waals surface area contributed by atoms with E-state index in [0.717, 1.165) is 32.1 Å². The highest BCUT2D eigenvalue weighted by Crippen LogP contribution is 2.03. The van der Waals surface area contributed by atoms with E-state index >= 15 is 0 Å². The summed E-state index contributed by atoms with van der Waals surface area (Å²) >= 11 is 0. The predicted octanol–water partition coefficient (Wildman–Crippen LogP) is 1.85. The summed E-state index contributed by atoms with van der Waals surface area (Å²) in [6.07, 6.45) is 3.34. The number of guanidine groups is 1. The third kappa shape index (κ3) is 5.65. The van der Waals surface area contributed by atoms with Crippen LogP contribution in [0, 0.1) is 0 Å². The van der Waals surface area contributed by atoms with Gasteiger partial charge in [-0.25, -0.2) is 0 Å². The molecule has 114 valence electrons. The zero-order chi connectivity index (χ0) is 15.0. The summed E-state index contributed by atoms with van der Waals surface area (Å²) in [5.74, 6) is 0.913. The van der Waals surface area contributed by atoms with Crippen molar-refractivity contribution in [1.82, 2.24) is 14.8 Å². The lowest BCUT2D eigenvalue weighted by molar-refractivity contribution is 0.0776. The fourth-order valence-electron chi connectivity index (χ4n) is 1.95. The highest BCUT2D eigenvalue weighted by Gasteiger charge is 2.07. The van der Waals surface area contributed by atoms with E-state index in [1.807, 2.05) is 14.1 Å². The second kappa shape index (κ2) is 8.64. The van der Waals surface area contributed by atoms with E-state index in [9.17, 15) is 0 Å². The molecule has 0 unspecified atom stereocenters. The standard InChI is InChI=1S/C15H28N4O/c1-13(2)20-11-7-9-17-15(16-3)19(5)12-14-8-6-10-18(14)4/h6,8,10,13H,7,9,11-12H2,1-5H3,(H,16,17). The molecule has 0 radical (unpaired) electrons. The van der Waals surface area contributed by atoms with Gasteiger partial charge in [0.1, 0.15) is 0 Å². The van der Waals surface area contributed by atoms with Crippen LogP contribution >= 0.6 is 0 Å². The number of nitrogens with one attached hydrogen (secondary N) is 1. The highest BCUT2D eigenvalue weighted by atomic mass is 16.5. The quantitative estimate of drug-likeness (QED) is 0.471. The molecule has 5 nitrogen and oxygen atoms in total. The molecule has 20 heavy (non-hydrogen) atoms. The topological polar surface area (TPSA) is 41.8 Å². The molecule has 5 heteroatoms. The molecule has 0 saturated heterocycles. The minimum absolute atomic E-state index is 0.300. The second-order valence-corrected chi connectivity index (χ2v) is 5.21. The van der Waals surface area contributed by atoms with Crippen LogP contribution in [0.25, 0.3) is 0 Å². The van der Waals surface area contributed by atoms with E-state index in [4.69, 9.17) is 4.74 Å². The van der Waals surface area contributed by atoms with E-state index in [1.165, 1.54) is 5.69 Å². The van der Waals surface area contributed by atoms with Gasteiger partial charge >= 0.3 is 0 Å². The van der Waals surface area contributed by atoms with Crippen molar-refractivity contribution in [1.29, 1.82) is 0 Å². The van der Waals surface area contributed by atoms with Crippen LogP contribution in [0.1, 0.15) is 26.0 Å². The molecule has 0 aliphatic heterocycles. The van der Waals surface area contributed by atoms with Crippen LogP contribution in [0.2, 0.25) is 0 Å². The van der Waals surface area contributed by atoms with Gasteiger partial charge in [0.15, 0.2) is 5.96 Å². The number of nitrogens with zero attached hydrogens (tertiary/aromatic N) is 3. The third-order valence-corrected chi connectivity index (χ3v) is 3.08. The number of ether oxygens (including phenoxy) is 1. The Morgan fingerprint density at radius 1 is 1.50 bits per heavy atom. The van der Waals surface area contributed by atoms with Crippen molar-refractivity contribution in [2.75, 3.05) is 27.2 Å². The fraction of sp³-hybridized carbons (Fsp3) is 0.667. The van der Waals surface area contributed by atoms with Crippen LogP contribution in [0.5, 0.6) is 0 Å². The van der Waals surface area contributed by atoms with E-state index < -0.39 is 0 Å². The molecule has 0 aliphatic rings. The lowest BCUT2D eigenvalue weighted by atomic mass is 10.4. The Bertz CT molecular complexity index is 412. The SMILES string of the molecule is CN=C(NCCCOC(C)C)N(C)Cc1cccn1C. The molecule has 0 bridgehead atoms. The van der Waals surface area contributed by atoms with E-state index in [2.05, 4.69) is 59.0 Å². The molecule has 0 aromatic carbocycles. The van der Waals surface area contributed by atoms with Crippen LogP contribution in [-0.4, -0.2) is 48.8 Å². The zero-order valence-corrected chi connectivity index (χ0v) is 13.4. The van der Waals surface area contributed by atoms with Crippen molar-refractivity contribution < 1.29 is 4.74 Å². The Kier molecular flexibility index (Phi) is 7.15. The maximum absolute atomic E-state index is 5.52. The van der Waals surface area contributed by atoms with E-state index in [1.54, 1.807) is 0 Å². The summed E-state index contributed by atoms with van der Waals surface area (Å²) < 4.78 is 7.65. The summed E-state index contributed by atoms with van der Waals surface area (Å²) in [4.78, 5) is 6.44. The summed E-state index contributed by atoms with van der Waals surface area (Å²) in [7, 11) is 5.92. The minimum atomic E-state index is 0.300. The maximum Gasteiger partial charge on any atom is 0.193 e. The van der Waals surface area contributed by atoms with Crippen molar-refractivity contribution in [3.63, 3.8) is 0 Å². The Hall–Kier alpha value is -1.49. The van der Waals surface area contributed by atoms with Gasteiger partial charge in [0.25, 0.3) is 0 Å². The van der Waals surface area contributed by atoms with Gasteiger partial charge in [-0.3, -0.25) is 4.99 Å². The predicted molar refractivity (Wildman–Crippen MR) is 83.9 cm³/mol. The fourth-order valence-corrected chi connectivity index (χ4v) is 1.95. The largest absolute Gasteiger partial charge is 0.379 e. The number of aromatic nitrogens is 1. The molecular weight excluding hydrogens is 252 g/mol. The van der Waals surface area contributed by atoms with Gasteiger partial charge in [-0.15, -0.1) is 0 Å². The normalized spacial score (nSPS) is 12.0. The molecule has 1 aromatic heterocycles. The van der Waals surface area contributed by atoms with Gasteiger partial charge in [0.2, 0.25) is 0 Å². The van der Waals surface area contributed by atoms with Crippen LogP contribution in [-0.2, 0) is 18.3 Å². The van der Waals surface area contributed by atoms with E-state index in [0.29, 0.717) is 6.10 Å². The van der Waals surface area contributed by atoms with Gasteiger partial charge in [0, 0.05) is 46.2 Å². The zero-order valence-electron chi connectivity index (χ0n) is 13.4. The molecular formula is C15H28N4O. The summed E-state index contributed by atoms with van der Waals surface area (Å²) in [6.45, 7) is 6.60. The van der Waals surface area contributed by atoms with E-state index in [-0.39, 0.29) is 0 Å². The maximum atomic E-state index is 5.52.